The zero-order valence-electron chi connectivity index (χ0n) is 15.8. The minimum atomic E-state index is -0.488. The van der Waals surface area contributed by atoms with Gasteiger partial charge in [-0.15, -0.1) is 0 Å². The number of carbonyl (C=O) groups excluding carboxylic acids is 2. The number of methoxy groups -OCH3 is 3. The summed E-state index contributed by atoms with van der Waals surface area (Å²) < 4.78 is 15.6. The smallest absolute Gasteiger partial charge is 0.273 e. The van der Waals surface area contributed by atoms with Crippen molar-refractivity contribution in [2.75, 3.05) is 27.9 Å². The molecule has 1 aliphatic rings. The van der Waals surface area contributed by atoms with Gasteiger partial charge >= 0.3 is 0 Å². The van der Waals surface area contributed by atoms with Crippen molar-refractivity contribution >= 4 is 29.0 Å². The molecule has 0 saturated carbocycles. The molecule has 0 N–H and O–H groups in total. The molecular formula is C21H20ClNO5. The number of hydrogen-bond donors (Lipinski definition) is 0. The molecule has 0 aliphatic carbocycles. The van der Waals surface area contributed by atoms with Gasteiger partial charge < -0.3 is 14.2 Å². The third kappa shape index (κ3) is 3.68. The van der Waals surface area contributed by atoms with E-state index >= 15 is 0 Å². The van der Waals surface area contributed by atoms with Crippen LogP contribution in [0.3, 0.4) is 0 Å². The molecule has 146 valence electrons. The summed E-state index contributed by atoms with van der Waals surface area (Å²) in [5.41, 5.74) is 1.70. The van der Waals surface area contributed by atoms with Gasteiger partial charge in [0.15, 0.2) is 11.5 Å². The Morgan fingerprint density at radius 2 is 1.54 bits per heavy atom. The third-order valence-electron chi connectivity index (χ3n) is 4.56. The summed E-state index contributed by atoms with van der Waals surface area (Å²) in [4.78, 5) is 26.5. The van der Waals surface area contributed by atoms with Crippen LogP contribution in [-0.2, 0) is 16.0 Å². The summed E-state index contributed by atoms with van der Waals surface area (Å²) in [6.45, 7) is 0.211. The van der Waals surface area contributed by atoms with Crippen LogP contribution in [0.15, 0.2) is 47.5 Å². The van der Waals surface area contributed by atoms with Crippen LogP contribution < -0.4 is 14.2 Å². The highest BCUT2D eigenvalue weighted by Gasteiger charge is 2.37. The zero-order chi connectivity index (χ0) is 20.3. The van der Waals surface area contributed by atoms with E-state index in [1.54, 1.807) is 51.7 Å². The van der Waals surface area contributed by atoms with E-state index in [-0.39, 0.29) is 17.2 Å². The fraction of sp³-hybridized carbons (Fsp3) is 0.238. The summed E-state index contributed by atoms with van der Waals surface area (Å²) >= 11 is 6.20. The standard InChI is InChI=1S/C21H20ClNO5/c1-26-15-7-5-14(6-8-15)18-19(22)21(25)23(20(18)24)11-10-13-4-9-16(27-2)17(12-13)28-3/h4-9,12H,10-11H2,1-3H3. The first kappa shape index (κ1) is 19.8. The highest BCUT2D eigenvalue weighted by Crippen LogP contribution is 2.33. The van der Waals surface area contributed by atoms with Crippen LogP contribution in [0.5, 0.6) is 17.2 Å². The Morgan fingerprint density at radius 3 is 2.14 bits per heavy atom. The summed E-state index contributed by atoms with van der Waals surface area (Å²) in [7, 11) is 4.68. The van der Waals surface area contributed by atoms with Crippen LogP contribution in [0, 0.1) is 0 Å². The first-order valence-corrected chi connectivity index (χ1v) is 8.99. The number of ether oxygens (including phenoxy) is 3. The van der Waals surface area contributed by atoms with E-state index in [1.807, 2.05) is 12.1 Å². The van der Waals surface area contributed by atoms with Crippen LogP contribution in [0.1, 0.15) is 11.1 Å². The van der Waals surface area contributed by atoms with E-state index in [2.05, 4.69) is 0 Å². The molecule has 0 bridgehead atoms. The predicted octanol–water partition coefficient (Wildman–Crippen LogP) is 3.27. The van der Waals surface area contributed by atoms with E-state index in [1.165, 1.54) is 4.90 Å². The Balaban J connectivity index is 1.76. The second-order valence-electron chi connectivity index (χ2n) is 6.12. The summed E-state index contributed by atoms with van der Waals surface area (Å²) in [6.07, 6.45) is 0.470. The third-order valence-corrected chi connectivity index (χ3v) is 4.91. The lowest BCUT2D eigenvalue weighted by molar-refractivity contribution is -0.136. The molecule has 7 heteroatoms. The van der Waals surface area contributed by atoms with Gasteiger partial charge in [-0.3, -0.25) is 14.5 Å². The van der Waals surface area contributed by atoms with Gasteiger partial charge in [0.05, 0.1) is 26.9 Å². The van der Waals surface area contributed by atoms with E-state index in [0.717, 1.165) is 5.56 Å². The van der Waals surface area contributed by atoms with Gasteiger partial charge in [0.1, 0.15) is 10.8 Å². The lowest BCUT2D eigenvalue weighted by Gasteiger charge is -2.15. The van der Waals surface area contributed by atoms with Crippen LogP contribution in [0.25, 0.3) is 5.57 Å². The van der Waals surface area contributed by atoms with Crippen molar-refractivity contribution in [2.45, 2.75) is 6.42 Å². The summed E-state index contributed by atoms with van der Waals surface area (Å²) in [5.74, 6) is 0.974. The van der Waals surface area contributed by atoms with E-state index < -0.39 is 11.8 Å². The first-order chi connectivity index (χ1) is 13.5. The van der Waals surface area contributed by atoms with Gasteiger partial charge in [0.25, 0.3) is 11.8 Å². The van der Waals surface area contributed by atoms with Crippen molar-refractivity contribution in [1.29, 1.82) is 0 Å². The Labute approximate surface area is 168 Å². The quantitative estimate of drug-likeness (QED) is 0.666. The normalized spacial score (nSPS) is 13.9. The van der Waals surface area contributed by atoms with Crippen molar-refractivity contribution in [3.05, 3.63) is 58.6 Å². The number of imide groups is 1. The van der Waals surface area contributed by atoms with Crippen LogP contribution >= 0.6 is 11.6 Å². The Bertz CT molecular complexity index is 936. The summed E-state index contributed by atoms with van der Waals surface area (Å²) in [6, 6.07) is 12.3. The molecule has 1 aliphatic heterocycles. The molecule has 2 amide bonds. The van der Waals surface area contributed by atoms with E-state index in [0.29, 0.717) is 29.2 Å². The first-order valence-electron chi connectivity index (χ1n) is 8.61. The maximum Gasteiger partial charge on any atom is 0.273 e. The van der Waals surface area contributed by atoms with Crippen molar-refractivity contribution in [3.63, 3.8) is 0 Å². The van der Waals surface area contributed by atoms with Crippen LogP contribution in [0.2, 0.25) is 0 Å². The van der Waals surface area contributed by atoms with Crippen LogP contribution in [0.4, 0.5) is 0 Å². The van der Waals surface area contributed by atoms with Crippen LogP contribution in [-0.4, -0.2) is 44.6 Å². The average molecular weight is 402 g/mol. The molecule has 0 unspecified atom stereocenters. The van der Waals surface area contributed by atoms with E-state index in [9.17, 15) is 9.59 Å². The molecule has 0 radical (unpaired) electrons. The van der Waals surface area contributed by atoms with Gasteiger partial charge in [-0.1, -0.05) is 29.8 Å². The number of rotatable bonds is 7. The average Bonchev–Trinajstić information content (AvgIpc) is 2.94. The maximum absolute atomic E-state index is 12.8. The second kappa shape index (κ2) is 8.35. The van der Waals surface area contributed by atoms with Crippen molar-refractivity contribution in [1.82, 2.24) is 4.90 Å². The number of carbonyl (C=O) groups is 2. The van der Waals surface area contributed by atoms with Gasteiger partial charge in [-0.2, -0.15) is 0 Å². The number of benzene rings is 2. The van der Waals surface area contributed by atoms with Crippen molar-refractivity contribution in [2.24, 2.45) is 0 Å². The Hall–Kier alpha value is -2.99. The number of halogens is 1. The zero-order valence-corrected chi connectivity index (χ0v) is 16.6. The number of hydrogen-bond acceptors (Lipinski definition) is 5. The molecule has 0 fully saturated rings. The Morgan fingerprint density at radius 1 is 0.857 bits per heavy atom. The predicted molar refractivity (Wildman–Crippen MR) is 106 cm³/mol. The molecule has 0 spiro atoms. The maximum atomic E-state index is 12.8. The molecule has 2 aromatic rings. The highest BCUT2D eigenvalue weighted by atomic mass is 35.5. The SMILES string of the molecule is COc1ccc(C2=C(Cl)C(=O)N(CCc3ccc(OC)c(OC)c3)C2=O)cc1. The fourth-order valence-electron chi connectivity index (χ4n) is 3.03. The number of amides is 2. The summed E-state index contributed by atoms with van der Waals surface area (Å²) in [5, 5.41) is -0.0671. The highest BCUT2D eigenvalue weighted by molar-refractivity contribution is 6.55. The Kier molecular flexibility index (Phi) is 5.90. The topological polar surface area (TPSA) is 65.1 Å². The van der Waals surface area contributed by atoms with Gasteiger partial charge in [0.2, 0.25) is 0 Å². The van der Waals surface area contributed by atoms with Gasteiger partial charge in [-0.05, 0) is 41.8 Å². The monoisotopic (exact) mass is 401 g/mol. The van der Waals surface area contributed by atoms with Crippen molar-refractivity contribution in [3.8, 4) is 17.2 Å². The largest absolute Gasteiger partial charge is 0.497 e. The molecule has 0 aromatic heterocycles. The lowest BCUT2D eigenvalue weighted by Crippen LogP contribution is -2.33. The lowest BCUT2D eigenvalue weighted by atomic mass is 10.1. The molecule has 2 aromatic carbocycles. The molecule has 0 atom stereocenters. The van der Waals surface area contributed by atoms with Gasteiger partial charge in [0, 0.05) is 6.54 Å². The minimum Gasteiger partial charge on any atom is -0.497 e. The fourth-order valence-corrected chi connectivity index (χ4v) is 3.33. The number of nitrogens with zero attached hydrogens (tertiary/aromatic N) is 1. The molecular weight excluding hydrogens is 382 g/mol. The molecule has 3 rings (SSSR count). The molecule has 0 saturated heterocycles. The van der Waals surface area contributed by atoms with E-state index in [4.69, 9.17) is 25.8 Å². The second-order valence-corrected chi connectivity index (χ2v) is 6.50. The molecule has 1 heterocycles. The molecule has 6 nitrogen and oxygen atoms in total. The van der Waals surface area contributed by atoms with Gasteiger partial charge in [-0.25, -0.2) is 0 Å². The minimum absolute atomic E-state index is 0.0671. The molecule has 28 heavy (non-hydrogen) atoms. The van der Waals surface area contributed by atoms with Crippen molar-refractivity contribution < 1.29 is 23.8 Å².